The molecule has 3 aliphatic carbocycles. The number of aromatic hydroxyl groups is 2. The Morgan fingerprint density at radius 1 is 0.934 bits per heavy atom. The van der Waals surface area contributed by atoms with Crippen molar-refractivity contribution in [3.8, 4) is 23.0 Å². The molecule has 6 aliphatic rings. The number of aromatic nitrogens is 1. The van der Waals surface area contributed by atoms with Gasteiger partial charge in [-0.15, -0.1) is 0 Å². The molecule has 1 saturated carbocycles. The zero-order chi connectivity index (χ0) is 43.8. The number of nitrogens with zero attached hydrogens (tertiary/aromatic N) is 2. The van der Waals surface area contributed by atoms with Crippen molar-refractivity contribution in [2.45, 2.75) is 117 Å². The average Bonchev–Trinajstić information content (AvgIpc) is 3.39. The van der Waals surface area contributed by atoms with E-state index in [1.807, 2.05) is 59.8 Å². The number of anilines is 1. The Labute approximate surface area is 358 Å². The summed E-state index contributed by atoms with van der Waals surface area (Å²) in [7, 11) is 0. The number of benzene rings is 2. The van der Waals surface area contributed by atoms with Crippen molar-refractivity contribution < 1.29 is 38.8 Å². The number of hydrogen-bond donors (Lipinski definition) is 2. The summed E-state index contributed by atoms with van der Waals surface area (Å²) in [5.41, 5.74) is 0.0830. The minimum Gasteiger partial charge on any atom is -0.508 e. The van der Waals surface area contributed by atoms with Gasteiger partial charge in [-0.1, -0.05) is 60.6 Å². The highest BCUT2D eigenvalue weighted by Gasteiger charge is 2.83. The Balaban J connectivity index is 1.26. The lowest BCUT2D eigenvalue weighted by Gasteiger charge is -2.58. The molecule has 3 aromatic rings. The molecule has 4 heterocycles. The minimum atomic E-state index is -1.70. The molecule has 61 heavy (non-hydrogen) atoms. The van der Waals surface area contributed by atoms with Gasteiger partial charge in [0.25, 0.3) is 5.91 Å². The monoisotopic (exact) mass is 824 g/mol. The van der Waals surface area contributed by atoms with Crippen LogP contribution < -0.4 is 14.4 Å². The predicted molar refractivity (Wildman–Crippen MR) is 235 cm³/mol. The normalized spacial score (nSPS) is 27.5. The van der Waals surface area contributed by atoms with Gasteiger partial charge in [-0.2, -0.15) is 0 Å². The molecule has 318 valence electrons. The molecule has 1 saturated heterocycles. The molecule has 2 aromatic carbocycles. The van der Waals surface area contributed by atoms with Gasteiger partial charge >= 0.3 is 0 Å². The fourth-order valence-corrected chi connectivity index (χ4v) is 10.6. The summed E-state index contributed by atoms with van der Waals surface area (Å²) < 4.78 is 21.4. The summed E-state index contributed by atoms with van der Waals surface area (Å²) in [5, 5.41) is 22.8. The molecule has 6 atom stereocenters. The molecule has 10 nitrogen and oxygen atoms in total. The molecule has 2 N–H and O–H groups in total. The number of rotatable bonds is 11. The lowest BCUT2D eigenvalue weighted by molar-refractivity contribution is -0.174. The van der Waals surface area contributed by atoms with Crippen molar-refractivity contribution in [2.24, 2.45) is 17.8 Å². The van der Waals surface area contributed by atoms with E-state index < -0.39 is 40.0 Å². The fraction of sp³-hybridized carbons (Fsp3) is 0.412. The molecule has 0 radical (unpaired) electrons. The van der Waals surface area contributed by atoms with Gasteiger partial charge in [-0.05, 0) is 111 Å². The quantitative estimate of drug-likeness (QED) is 0.143. The Hall–Kier alpha value is -5.74. The summed E-state index contributed by atoms with van der Waals surface area (Å²) in [5.74, 6) is -1.89. The summed E-state index contributed by atoms with van der Waals surface area (Å²) in [6.07, 6.45) is 16.4. The summed E-state index contributed by atoms with van der Waals surface area (Å²) in [6, 6.07) is 10.4. The first-order valence-corrected chi connectivity index (χ1v) is 21.3. The molecule has 4 bridgehead atoms. The van der Waals surface area contributed by atoms with Crippen LogP contribution in [0.1, 0.15) is 109 Å². The van der Waals surface area contributed by atoms with E-state index in [0.717, 1.165) is 12.0 Å². The second kappa shape index (κ2) is 15.0. The van der Waals surface area contributed by atoms with Crippen LogP contribution in [0, 0.1) is 17.8 Å². The van der Waals surface area contributed by atoms with Gasteiger partial charge in [-0.25, -0.2) is 0 Å². The number of phenols is 2. The number of amides is 1. The Kier molecular flexibility index (Phi) is 10.3. The van der Waals surface area contributed by atoms with Crippen LogP contribution in [-0.4, -0.2) is 55.1 Å². The highest BCUT2D eigenvalue weighted by atomic mass is 16.6. The number of para-hydroxylation sites is 1. The Morgan fingerprint density at radius 3 is 2.36 bits per heavy atom. The minimum absolute atomic E-state index is 0.0485. The van der Waals surface area contributed by atoms with Gasteiger partial charge in [0.1, 0.15) is 34.2 Å². The van der Waals surface area contributed by atoms with Crippen LogP contribution in [0.3, 0.4) is 0 Å². The zero-order valence-electron chi connectivity index (χ0n) is 36.6. The first kappa shape index (κ1) is 42.0. The molecule has 3 aliphatic heterocycles. The van der Waals surface area contributed by atoms with Crippen molar-refractivity contribution in [1.29, 1.82) is 0 Å². The third-order valence-electron chi connectivity index (χ3n) is 13.4. The van der Waals surface area contributed by atoms with Gasteiger partial charge < -0.3 is 29.3 Å². The standard InChI is InChI=1S/C51H56N2O8/c1-29(2)14-12-22-49(9)23-21-35-41(55)40-42(56)38-26-37-32(6)45-48(7,8)61-50(46(37)57,51(38,45)60-44(40)36(43(35)59-49)19-18-30(3)4)24-20-31(5)47(58)53(34-16-13-25-52-27-34)28-33-15-10-11-17-39(33)54/h10-11,13-18,20-21,23,25-27,32,37,45,54-55H,12,19,22,24,28H2,1-9H3/b31-20-/t32-,37?,45?,49?,50?,51?/m1/s1. The number of fused-ring (bicyclic) bond motifs is 2. The van der Waals surface area contributed by atoms with Crippen LogP contribution in [-0.2, 0) is 27.3 Å². The highest BCUT2D eigenvalue weighted by Crippen LogP contribution is 2.70. The Morgan fingerprint density at radius 2 is 1.67 bits per heavy atom. The van der Waals surface area contributed by atoms with Crippen LogP contribution in [0.5, 0.6) is 23.0 Å². The summed E-state index contributed by atoms with van der Waals surface area (Å²) >= 11 is 0. The zero-order valence-corrected chi connectivity index (χ0v) is 36.6. The maximum atomic E-state index is 15.3. The van der Waals surface area contributed by atoms with E-state index >= 15 is 9.59 Å². The first-order valence-electron chi connectivity index (χ1n) is 21.3. The van der Waals surface area contributed by atoms with Crippen LogP contribution in [0.4, 0.5) is 5.69 Å². The maximum Gasteiger partial charge on any atom is 0.253 e. The van der Waals surface area contributed by atoms with Crippen LogP contribution in [0.2, 0.25) is 0 Å². The van der Waals surface area contributed by atoms with Crippen molar-refractivity contribution in [2.75, 3.05) is 4.90 Å². The molecule has 1 aromatic heterocycles. The van der Waals surface area contributed by atoms with Crippen LogP contribution in [0.25, 0.3) is 6.08 Å². The topological polar surface area (TPSA) is 135 Å². The molecule has 1 spiro atoms. The smallest absolute Gasteiger partial charge is 0.253 e. The van der Waals surface area contributed by atoms with Crippen molar-refractivity contribution >= 4 is 29.2 Å². The van der Waals surface area contributed by atoms with E-state index in [4.69, 9.17) is 14.2 Å². The second-order valence-electron chi connectivity index (χ2n) is 18.7. The number of pyridine rings is 1. The van der Waals surface area contributed by atoms with Gasteiger partial charge in [0.15, 0.2) is 22.8 Å². The molecule has 5 unspecified atom stereocenters. The van der Waals surface area contributed by atoms with Crippen molar-refractivity contribution in [1.82, 2.24) is 4.98 Å². The predicted octanol–water partition coefficient (Wildman–Crippen LogP) is 9.73. The van der Waals surface area contributed by atoms with E-state index in [0.29, 0.717) is 52.1 Å². The fourth-order valence-electron chi connectivity index (χ4n) is 10.6. The first-order chi connectivity index (χ1) is 28.9. The number of ketones is 2. The molecule has 9 rings (SSSR count). The maximum absolute atomic E-state index is 15.3. The third kappa shape index (κ3) is 6.56. The number of hydrogen-bond acceptors (Lipinski definition) is 9. The SMILES string of the molecule is CC(C)=CCCC1(C)C=Cc2c(O)c3c(c(CC=C(C)C)c2O1)OC12C(=CC4C(=O)C1(C/C=C(/C)C(=O)N(Cc1ccccc1O)c1cccnc1)OC(C)(C)C2[C@@H]4C)C3=O. The van der Waals surface area contributed by atoms with Gasteiger partial charge in [0.05, 0.1) is 29.6 Å². The van der Waals surface area contributed by atoms with E-state index in [2.05, 4.69) is 24.9 Å². The number of Topliss-reactive ketones (excluding diaryl/α,β-unsaturated/α-hetero) is 2. The van der Waals surface area contributed by atoms with Crippen molar-refractivity contribution in [3.05, 3.63) is 124 Å². The van der Waals surface area contributed by atoms with Gasteiger partial charge in [0, 0.05) is 46.7 Å². The number of ether oxygens (including phenoxy) is 3. The van der Waals surface area contributed by atoms with E-state index in [1.54, 1.807) is 67.9 Å². The number of carbonyl (C=O) groups is 3. The molecule has 1 amide bonds. The van der Waals surface area contributed by atoms with E-state index in [-0.39, 0.29) is 53.4 Å². The lowest BCUT2D eigenvalue weighted by atomic mass is 9.47. The molecule has 2 fully saturated rings. The van der Waals surface area contributed by atoms with E-state index in [9.17, 15) is 15.0 Å². The number of carbonyl (C=O) groups excluding carboxylic acids is 3. The van der Waals surface area contributed by atoms with Gasteiger partial charge in [-0.3, -0.25) is 19.4 Å². The number of allylic oxidation sites excluding steroid dienone is 5. The summed E-state index contributed by atoms with van der Waals surface area (Å²) in [4.78, 5) is 50.7. The second-order valence-corrected chi connectivity index (χ2v) is 18.7. The van der Waals surface area contributed by atoms with Crippen LogP contribution >= 0.6 is 0 Å². The van der Waals surface area contributed by atoms with E-state index in [1.165, 1.54) is 10.5 Å². The van der Waals surface area contributed by atoms with Crippen LogP contribution in [0.15, 0.2) is 101 Å². The van der Waals surface area contributed by atoms with Gasteiger partial charge in [0.2, 0.25) is 0 Å². The average molecular weight is 825 g/mol. The number of phenolic OH excluding ortho intramolecular Hbond substituents is 2. The summed E-state index contributed by atoms with van der Waals surface area (Å²) in [6.45, 7) is 17.8. The molecular formula is C51H56N2O8. The van der Waals surface area contributed by atoms with Crippen molar-refractivity contribution in [3.63, 3.8) is 0 Å². The third-order valence-corrected chi connectivity index (χ3v) is 13.4. The largest absolute Gasteiger partial charge is 0.508 e. The highest BCUT2D eigenvalue weighted by molar-refractivity contribution is 6.19. The Bertz CT molecular complexity index is 2500. The lowest BCUT2D eigenvalue weighted by Crippen LogP contribution is -2.74. The molecular weight excluding hydrogens is 769 g/mol. The molecule has 10 heteroatoms.